The van der Waals surface area contributed by atoms with Gasteiger partial charge in [-0.3, -0.25) is 0 Å². The molecule has 0 fully saturated rings. The van der Waals surface area contributed by atoms with Crippen LogP contribution in [-0.2, 0) is 0 Å². The average molecular weight is 233 g/mol. The molecule has 0 heterocycles. The minimum atomic E-state index is -1.47. The lowest BCUT2D eigenvalue weighted by Crippen LogP contribution is -2.31. The summed E-state index contributed by atoms with van der Waals surface area (Å²) in [6, 6.07) is 1.32. The molecule has 2 nitrogen and oxygen atoms in total. The van der Waals surface area contributed by atoms with Gasteiger partial charge < -0.3 is 10.4 Å². The standard InChI is InChI=1S/C11H14F3NO/c1-6(5-16)15-7(2)8-3-9(12)11(14)10(13)4-8/h3-4,6-7,15-16H,5H2,1-2H3/t6-,7?/m1/s1. The lowest BCUT2D eigenvalue weighted by atomic mass is 10.1. The zero-order valence-electron chi connectivity index (χ0n) is 9.10. The minimum absolute atomic E-state index is 0.0868. The predicted octanol–water partition coefficient (Wildman–Crippen LogP) is 2.14. The SMILES string of the molecule is CC(N[C@H](C)CO)c1cc(F)c(F)c(F)c1. The van der Waals surface area contributed by atoms with Gasteiger partial charge in [-0.15, -0.1) is 0 Å². The lowest BCUT2D eigenvalue weighted by Gasteiger charge is -2.18. The van der Waals surface area contributed by atoms with Gasteiger partial charge >= 0.3 is 0 Å². The van der Waals surface area contributed by atoms with Gasteiger partial charge in [0.05, 0.1) is 6.61 Å². The first-order chi connectivity index (χ1) is 7.45. The molecule has 1 aromatic carbocycles. The Balaban J connectivity index is 2.88. The van der Waals surface area contributed by atoms with Crippen LogP contribution < -0.4 is 5.32 Å². The van der Waals surface area contributed by atoms with Gasteiger partial charge in [-0.25, -0.2) is 13.2 Å². The molecule has 5 heteroatoms. The Kier molecular flexibility index (Phi) is 4.32. The summed E-state index contributed by atoms with van der Waals surface area (Å²) in [5.41, 5.74) is 0.303. The number of benzene rings is 1. The number of aliphatic hydroxyl groups excluding tert-OH is 1. The molecule has 2 N–H and O–H groups in total. The van der Waals surface area contributed by atoms with E-state index >= 15 is 0 Å². The third kappa shape index (κ3) is 2.96. The summed E-state index contributed by atoms with van der Waals surface area (Å²) in [4.78, 5) is 0. The van der Waals surface area contributed by atoms with E-state index in [2.05, 4.69) is 5.32 Å². The van der Waals surface area contributed by atoms with Gasteiger partial charge in [0, 0.05) is 12.1 Å². The maximum Gasteiger partial charge on any atom is 0.194 e. The molecule has 1 unspecified atom stereocenters. The van der Waals surface area contributed by atoms with E-state index in [1.54, 1.807) is 13.8 Å². The molecule has 1 aromatic rings. The largest absolute Gasteiger partial charge is 0.395 e. The molecular formula is C11H14F3NO. The van der Waals surface area contributed by atoms with Crippen LogP contribution in [0.1, 0.15) is 25.5 Å². The van der Waals surface area contributed by atoms with Crippen LogP contribution in [0, 0.1) is 17.5 Å². The van der Waals surface area contributed by atoms with E-state index in [1.807, 2.05) is 0 Å². The Bertz CT molecular complexity index is 347. The van der Waals surface area contributed by atoms with Crippen LogP contribution in [0.25, 0.3) is 0 Å². The highest BCUT2D eigenvalue weighted by molar-refractivity contribution is 5.22. The fourth-order valence-electron chi connectivity index (χ4n) is 1.40. The van der Waals surface area contributed by atoms with Crippen LogP contribution in [0.15, 0.2) is 12.1 Å². The van der Waals surface area contributed by atoms with Gasteiger partial charge in [0.15, 0.2) is 17.5 Å². The minimum Gasteiger partial charge on any atom is -0.395 e. The fourth-order valence-corrected chi connectivity index (χ4v) is 1.40. The van der Waals surface area contributed by atoms with Crippen molar-refractivity contribution < 1.29 is 18.3 Å². The molecule has 0 aromatic heterocycles. The molecule has 0 radical (unpaired) electrons. The Morgan fingerprint density at radius 3 is 2.12 bits per heavy atom. The van der Waals surface area contributed by atoms with Crippen LogP contribution in [0.2, 0.25) is 0 Å². The topological polar surface area (TPSA) is 32.3 Å². The van der Waals surface area contributed by atoms with E-state index in [9.17, 15) is 13.2 Å². The molecular weight excluding hydrogens is 219 g/mol. The molecule has 90 valence electrons. The highest BCUT2D eigenvalue weighted by Gasteiger charge is 2.15. The molecule has 0 amide bonds. The van der Waals surface area contributed by atoms with Crippen LogP contribution in [-0.4, -0.2) is 17.8 Å². The molecule has 0 saturated heterocycles. The molecule has 0 spiro atoms. The first-order valence-electron chi connectivity index (χ1n) is 4.97. The van der Waals surface area contributed by atoms with Crippen molar-refractivity contribution in [3.63, 3.8) is 0 Å². The number of hydrogen-bond acceptors (Lipinski definition) is 2. The first-order valence-corrected chi connectivity index (χ1v) is 4.97. The zero-order chi connectivity index (χ0) is 12.3. The third-order valence-electron chi connectivity index (χ3n) is 2.31. The van der Waals surface area contributed by atoms with Crippen LogP contribution >= 0.6 is 0 Å². The van der Waals surface area contributed by atoms with Crippen molar-refractivity contribution in [1.82, 2.24) is 5.32 Å². The molecule has 0 saturated carbocycles. The second-order valence-electron chi connectivity index (χ2n) is 3.77. The van der Waals surface area contributed by atoms with Gasteiger partial charge in [-0.2, -0.15) is 0 Å². The van der Waals surface area contributed by atoms with Crippen LogP contribution in [0.4, 0.5) is 13.2 Å². The summed E-state index contributed by atoms with van der Waals surface area (Å²) in [7, 11) is 0. The van der Waals surface area contributed by atoms with E-state index < -0.39 is 17.5 Å². The average Bonchev–Trinajstić information content (AvgIpc) is 2.24. The molecule has 1 rings (SSSR count). The van der Waals surface area contributed by atoms with E-state index in [1.165, 1.54) is 0 Å². The van der Waals surface area contributed by atoms with E-state index in [4.69, 9.17) is 5.11 Å². The lowest BCUT2D eigenvalue weighted by molar-refractivity contribution is 0.243. The molecule has 16 heavy (non-hydrogen) atoms. The van der Waals surface area contributed by atoms with Gasteiger partial charge in [-0.05, 0) is 31.5 Å². The zero-order valence-corrected chi connectivity index (χ0v) is 9.10. The van der Waals surface area contributed by atoms with Crippen molar-refractivity contribution >= 4 is 0 Å². The smallest absolute Gasteiger partial charge is 0.194 e. The highest BCUT2D eigenvalue weighted by Crippen LogP contribution is 2.19. The predicted molar refractivity (Wildman–Crippen MR) is 54.4 cm³/mol. The Hall–Kier alpha value is -1.07. The molecule has 0 bridgehead atoms. The summed E-state index contributed by atoms with van der Waals surface area (Å²) in [6.45, 7) is 3.32. The van der Waals surface area contributed by atoms with Gasteiger partial charge in [0.1, 0.15) is 0 Å². The highest BCUT2D eigenvalue weighted by atomic mass is 19.2. The molecule has 2 atom stereocenters. The fraction of sp³-hybridized carbons (Fsp3) is 0.455. The summed E-state index contributed by atoms with van der Waals surface area (Å²) in [5.74, 6) is -3.88. The summed E-state index contributed by atoms with van der Waals surface area (Å²) < 4.78 is 38.5. The van der Waals surface area contributed by atoms with Gasteiger partial charge in [0.25, 0.3) is 0 Å². The monoisotopic (exact) mass is 233 g/mol. The normalized spacial score (nSPS) is 14.9. The number of nitrogens with one attached hydrogen (secondary N) is 1. The van der Waals surface area contributed by atoms with Crippen LogP contribution in [0.3, 0.4) is 0 Å². The quantitative estimate of drug-likeness (QED) is 0.781. The first kappa shape index (κ1) is 13.0. The summed E-state index contributed by atoms with van der Waals surface area (Å²) >= 11 is 0. The van der Waals surface area contributed by atoms with Gasteiger partial charge in [0.2, 0.25) is 0 Å². The van der Waals surface area contributed by atoms with E-state index in [0.29, 0.717) is 5.56 Å². The van der Waals surface area contributed by atoms with E-state index in [-0.39, 0.29) is 18.7 Å². The maximum atomic E-state index is 12.9. The van der Waals surface area contributed by atoms with Crippen molar-refractivity contribution in [2.45, 2.75) is 25.9 Å². The third-order valence-corrected chi connectivity index (χ3v) is 2.31. The Labute approximate surface area is 92.1 Å². The number of aliphatic hydroxyl groups is 1. The molecule has 0 aliphatic carbocycles. The Morgan fingerprint density at radius 1 is 1.19 bits per heavy atom. The molecule has 0 aliphatic heterocycles. The van der Waals surface area contributed by atoms with Crippen molar-refractivity contribution in [2.75, 3.05) is 6.61 Å². The number of rotatable bonds is 4. The second kappa shape index (κ2) is 5.32. The second-order valence-corrected chi connectivity index (χ2v) is 3.77. The summed E-state index contributed by atoms with van der Waals surface area (Å²) in [6.07, 6.45) is 0. The molecule has 0 aliphatic rings. The maximum absolute atomic E-state index is 12.9. The van der Waals surface area contributed by atoms with Crippen molar-refractivity contribution in [2.24, 2.45) is 0 Å². The van der Waals surface area contributed by atoms with Crippen LogP contribution in [0.5, 0.6) is 0 Å². The van der Waals surface area contributed by atoms with Crippen molar-refractivity contribution in [3.8, 4) is 0 Å². The summed E-state index contributed by atoms with van der Waals surface area (Å²) in [5, 5.41) is 11.7. The van der Waals surface area contributed by atoms with Gasteiger partial charge in [-0.1, -0.05) is 0 Å². The van der Waals surface area contributed by atoms with E-state index in [0.717, 1.165) is 12.1 Å². The van der Waals surface area contributed by atoms with Crippen molar-refractivity contribution in [3.05, 3.63) is 35.1 Å². The Morgan fingerprint density at radius 2 is 1.69 bits per heavy atom. The number of halogens is 3. The number of hydrogen-bond donors (Lipinski definition) is 2. The van der Waals surface area contributed by atoms with Crippen molar-refractivity contribution in [1.29, 1.82) is 0 Å².